The van der Waals surface area contributed by atoms with Gasteiger partial charge in [0.05, 0.1) is 0 Å². The molecule has 3 aromatic carbocycles. The minimum absolute atomic E-state index is 0.0247. The number of nitrogens with one attached hydrogen (secondary N) is 1. The number of anilines is 1. The van der Waals surface area contributed by atoms with Crippen LogP contribution in [-0.4, -0.2) is 5.91 Å². The Labute approximate surface area is 182 Å². The first-order valence-corrected chi connectivity index (χ1v) is 9.87. The van der Waals surface area contributed by atoms with Crippen molar-refractivity contribution in [3.63, 3.8) is 0 Å². The summed E-state index contributed by atoms with van der Waals surface area (Å²) in [7, 11) is 0. The highest BCUT2D eigenvalue weighted by molar-refractivity contribution is 9.10. The van der Waals surface area contributed by atoms with E-state index in [2.05, 4.69) is 21.2 Å². The van der Waals surface area contributed by atoms with Gasteiger partial charge in [-0.1, -0.05) is 57.9 Å². The Hall–Kier alpha value is -3.07. The zero-order chi connectivity index (χ0) is 20.6. The number of carbonyl (C=O) groups is 1. The molecule has 0 saturated carbocycles. The normalized spacial score (nSPS) is 10.9. The number of hydrogen-bond acceptors (Lipinski definition) is 3. The second-order valence-electron chi connectivity index (χ2n) is 6.09. The molecule has 29 heavy (non-hydrogen) atoms. The summed E-state index contributed by atoms with van der Waals surface area (Å²) in [6.45, 7) is 0.331. The Morgan fingerprint density at radius 3 is 2.52 bits per heavy atom. The third kappa shape index (κ3) is 5.95. The molecule has 4 nitrogen and oxygen atoms in total. The summed E-state index contributed by atoms with van der Waals surface area (Å²) in [4.78, 5) is 12.5. The monoisotopic (exact) mass is 466 g/mol. The van der Waals surface area contributed by atoms with Gasteiger partial charge in [-0.25, -0.2) is 0 Å². The lowest BCUT2D eigenvalue weighted by atomic mass is 10.1. The minimum Gasteiger partial charge on any atom is -0.488 e. The lowest BCUT2D eigenvalue weighted by Gasteiger charge is -2.11. The highest BCUT2D eigenvalue weighted by atomic mass is 79.9. The standard InChI is InChI=1S/C23H16BrClN2O2/c24-19-8-11-22(29-15-16-6-9-20(25)10-7-16)17(13-19)12-18(14-26)23(28)27-21-4-2-1-3-5-21/h1-13H,15H2,(H,27,28)/b18-12+. The van der Waals surface area contributed by atoms with Crippen LogP contribution in [0.2, 0.25) is 5.02 Å². The predicted octanol–water partition coefficient (Wildman–Crippen LogP) is 6.23. The van der Waals surface area contributed by atoms with Crippen molar-refractivity contribution in [3.05, 3.63) is 99.0 Å². The van der Waals surface area contributed by atoms with Crippen LogP contribution < -0.4 is 10.1 Å². The van der Waals surface area contributed by atoms with Crippen molar-refractivity contribution in [1.29, 1.82) is 5.26 Å². The molecule has 0 unspecified atom stereocenters. The number of carbonyl (C=O) groups excluding carboxylic acids is 1. The van der Waals surface area contributed by atoms with Crippen LogP contribution in [0.4, 0.5) is 5.69 Å². The first-order chi connectivity index (χ1) is 14.0. The van der Waals surface area contributed by atoms with E-state index in [9.17, 15) is 10.1 Å². The van der Waals surface area contributed by atoms with Gasteiger partial charge in [-0.15, -0.1) is 0 Å². The molecule has 3 aromatic rings. The van der Waals surface area contributed by atoms with E-state index in [-0.39, 0.29) is 5.57 Å². The van der Waals surface area contributed by atoms with Gasteiger partial charge in [0.15, 0.2) is 0 Å². The maximum Gasteiger partial charge on any atom is 0.266 e. The van der Waals surface area contributed by atoms with Gasteiger partial charge in [-0.2, -0.15) is 5.26 Å². The van der Waals surface area contributed by atoms with Gasteiger partial charge >= 0.3 is 0 Å². The smallest absolute Gasteiger partial charge is 0.266 e. The fourth-order valence-corrected chi connectivity index (χ4v) is 3.03. The van der Waals surface area contributed by atoms with Gasteiger partial charge in [-0.05, 0) is 54.1 Å². The number of ether oxygens (including phenoxy) is 1. The summed E-state index contributed by atoms with van der Waals surface area (Å²) in [6, 6.07) is 23.7. The molecule has 0 saturated heterocycles. The number of rotatable bonds is 6. The fourth-order valence-electron chi connectivity index (χ4n) is 2.53. The van der Waals surface area contributed by atoms with Crippen LogP contribution >= 0.6 is 27.5 Å². The lowest BCUT2D eigenvalue weighted by Crippen LogP contribution is -2.13. The number of amides is 1. The van der Waals surface area contributed by atoms with Crippen LogP contribution in [0.3, 0.4) is 0 Å². The Morgan fingerprint density at radius 1 is 1.10 bits per heavy atom. The van der Waals surface area contributed by atoms with E-state index in [0.29, 0.717) is 28.6 Å². The third-order valence-electron chi connectivity index (χ3n) is 3.98. The van der Waals surface area contributed by atoms with Crippen molar-refractivity contribution >= 4 is 45.2 Å². The van der Waals surface area contributed by atoms with E-state index >= 15 is 0 Å². The van der Waals surface area contributed by atoms with E-state index in [1.807, 2.05) is 42.5 Å². The third-order valence-corrected chi connectivity index (χ3v) is 4.72. The summed E-state index contributed by atoms with van der Waals surface area (Å²) < 4.78 is 6.72. The summed E-state index contributed by atoms with van der Waals surface area (Å²) in [6.07, 6.45) is 1.51. The Balaban J connectivity index is 1.82. The molecule has 1 amide bonds. The molecule has 0 aliphatic heterocycles. The first-order valence-electron chi connectivity index (χ1n) is 8.70. The molecule has 0 bridgehead atoms. The van der Waals surface area contributed by atoms with Crippen molar-refractivity contribution in [3.8, 4) is 11.8 Å². The van der Waals surface area contributed by atoms with Crippen LogP contribution in [0.25, 0.3) is 6.08 Å². The molecule has 0 atom stereocenters. The zero-order valence-corrected chi connectivity index (χ0v) is 17.6. The first kappa shape index (κ1) is 20.7. The van der Waals surface area contributed by atoms with Crippen molar-refractivity contribution in [2.75, 3.05) is 5.32 Å². The van der Waals surface area contributed by atoms with Gasteiger partial charge in [0, 0.05) is 20.7 Å². The molecule has 0 fully saturated rings. The van der Waals surface area contributed by atoms with Gasteiger partial charge in [0.2, 0.25) is 0 Å². The molecular weight excluding hydrogens is 452 g/mol. The molecule has 0 spiro atoms. The van der Waals surface area contributed by atoms with Gasteiger partial charge in [-0.3, -0.25) is 4.79 Å². The topological polar surface area (TPSA) is 62.1 Å². The number of nitrogens with zero attached hydrogens (tertiary/aromatic N) is 1. The molecule has 144 valence electrons. The fraction of sp³-hybridized carbons (Fsp3) is 0.0435. The number of benzene rings is 3. The molecule has 0 heterocycles. The van der Waals surface area contributed by atoms with E-state index in [1.165, 1.54) is 6.08 Å². The van der Waals surface area contributed by atoms with Gasteiger partial charge in [0.1, 0.15) is 24.0 Å². The Bertz CT molecular complexity index is 1070. The second kappa shape index (κ2) is 9.92. The summed E-state index contributed by atoms with van der Waals surface area (Å²) in [5, 5.41) is 12.9. The van der Waals surface area contributed by atoms with E-state index in [4.69, 9.17) is 16.3 Å². The molecule has 0 aliphatic carbocycles. The van der Waals surface area contributed by atoms with Gasteiger partial charge < -0.3 is 10.1 Å². The molecule has 3 rings (SSSR count). The van der Waals surface area contributed by atoms with Gasteiger partial charge in [0.25, 0.3) is 5.91 Å². The predicted molar refractivity (Wildman–Crippen MR) is 119 cm³/mol. The molecule has 0 aliphatic rings. The molecule has 1 N–H and O–H groups in total. The van der Waals surface area contributed by atoms with Crippen LogP contribution in [-0.2, 0) is 11.4 Å². The number of para-hydroxylation sites is 1. The average molecular weight is 468 g/mol. The van der Waals surface area contributed by atoms with Crippen LogP contribution in [0.1, 0.15) is 11.1 Å². The maximum atomic E-state index is 12.5. The van der Waals surface area contributed by atoms with Crippen LogP contribution in [0.15, 0.2) is 82.8 Å². The number of hydrogen-bond donors (Lipinski definition) is 1. The highest BCUT2D eigenvalue weighted by Gasteiger charge is 2.12. The van der Waals surface area contributed by atoms with Crippen molar-refractivity contribution < 1.29 is 9.53 Å². The maximum absolute atomic E-state index is 12.5. The van der Waals surface area contributed by atoms with E-state index in [1.54, 1.807) is 36.4 Å². The average Bonchev–Trinajstić information content (AvgIpc) is 2.73. The number of nitriles is 1. The van der Waals surface area contributed by atoms with Crippen molar-refractivity contribution in [1.82, 2.24) is 0 Å². The zero-order valence-electron chi connectivity index (χ0n) is 15.2. The summed E-state index contributed by atoms with van der Waals surface area (Å²) >= 11 is 9.33. The molecule has 6 heteroatoms. The highest BCUT2D eigenvalue weighted by Crippen LogP contribution is 2.27. The van der Waals surface area contributed by atoms with E-state index < -0.39 is 5.91 Å². The van der Waals surface area contributed by atoms with Crippen LogP contribution in [0, 0.1) is 11.3 Å². The summed E-state index contributed by atoms with van der Waals surface area (Å²) in [5.74, 6) is 0.0748. The largest absolute Gasteiger partial charge is 0.488 e. The second-order valence-corrected chi connectivity index (χ2v) is 7.44. The Morgan fingerprint density at radius 2 is 1.83 bits per heavy atom. The quantitative estimate of drug-likeness (QED) is 0.345. The molecule has 0 aromatic heterocycles. The minimum atomic E-state index is -0.484. The van der Waals surface area contributed by atoms with Crippen molar-refractivity contribution in [2.24, 2.45) is 0 Å². The van der Waals surface area contributed by atoms with Crippen molar-refractivity contribution in [2.45, 2.75) is 6.61 Å². The van der Waals surface area contributed by atoms with Crippen LogP contribution in [0.5, 0.6) is 5.75 Å². The SMILES string of the molecule is N#C/C(=C\c1cc(Br)ccc1OCc1ccc(Cl)cc1)C(=O)Nc1ccccc1. The lowest BCUT2D eigenvalue weighted by molar-refractivity contribution is -0.112. The number of halogens is 2. The Kier molecular flexibility index (Phi) is 7.07. The summed E-state index contributed by atoms with van der Waals surface area (Å²) in [5.41, 5.74) is 2.16. The molecular formula is C23H16BrClN2O2. The molecule has 0 radical (unpaired) electrons. The van der Waals surface area contributed by atoms with E-state index in [0.717, 1.165) is 10.0 Å².